The van der Waals surface area contributed by atoms with Crippen molar-refractivity contribution in [2.24, 2.45) is 0 Å². The van der Waals surface area contributed by atoms with Crippen molar-refractivity contribution in [2.75, 3.05) is 41.7 Å². The van der Waals surface area contributed by atoms with Crippen molar-refractivity contribution in [3.63, 3.8) is 0 Å². The second-order valence-electron chi connectivity index (χ2n) is 4.76. The zero-order valence-corrected chi connectivity index (χ0v) is 11.8. The molecule has 5 nitrogen and oxygen atoms in total. The normalized spacial score (nSPS) is 15.4. The van der Waals surface area contributed by atoms with Crippen LogP contribution < -0.4 is 15.5 Å². The molecule has 0 saturated carbocycles. The number of halogens is 1. The van der Waals surface area contributed by atoms with E-state index in [1.54, 1.807) is 12.4 Å². The molecule has 2 N–H and O–H groups in total. The van der Waals surface area contributed by atoms with Crippen LogP contribution in [0.5, 0.6) is 0 Å². The van der Waals surface area contributed by atoms with E-state index in [1.807, 2.05) is 24.3 Å². The molecule has 2 aromatic rings. The number of nitrogens with zero attached hydrogens (tertiary/aromatic N) is 4. The fraction of sp³-hybridized carbons (Fsp3) is 0.286. The van der Waals surface area contributed by atoms with Crippen molar-refractivity contribution in [2.45, 2.75) is 0 Å². The lowest BCUT2D eigenvalue weighted by Gasteiger charge is -2.36. The first-order chi connectivity index (χ1) is 9.72. The summed E-state index contributed by atoms with van der Waals surface area (Å²) in [6.45, 7) is 3.67. The summed E-state index contributed by atoms with van der Waals surface area (Å²) >= 11 is 5.86. The minimum absolute atomic E-state index is 0.665. The van der Waals surface area contributed by atoms with Gasteiger partial charge in [0.2, 0.25) is 0 Å². The second kappa shape index (κ2) is 5.54. The maximum absolute atomic E-state index is 5.86. The van der Waals surface area contributed by atoms with Crippen molar-refractivity contribution in [3.05, 3.63) is 41.7 Å². The minimum Gasteiger partial charge on any atom is -0.397 e. The van der Waals surface area contributed by atoms with Gasteiger partial charge >= 0.3 is 0 Å². The van der Waals surface area contributed by atoms with Gasteiger partial charge in [0, 0.05) is 32.4 Å². The molecular weight excluding hydrogens is 274 g/mol. The van der Waals surface area contributed by atoms with Crippen LogP contribution >= 0.6 is 11.6 Å². The van der Waals surface area contributed by atoms with Gasteiger partial charge in [-0.05, 0) is 24.3 Å². The Morgan fingerprint density at radius 2 is 1.40 bits per heavy atom. The quantitative estimate of drug-likeness (QED) is 0.917. The van der Waals surface area contributed by atoms with Gasteiger partial charge in [-0.2, -0.15) is 0 Å². The average molecular weight is 290 g/mol. The van der Waals surface area contributed by atoms with Crippen LogP contribution in [0.2, 0.25) is 5.02 Å². The summed E-state index contributed by atoms with van der Waals surface area (Å²) in [4.78, 5) is 13.2. The topological polar surface area (TPSA) is 58.3 Å². The molecule has 3 heterocycles. The molecule has 104 valence electrons. The Morgan fingerprint density at radius 1 is 0.850 bits per heavy atom. The van der Waals surface area contributed by atoms with Gasteiger partial charge in [0.1, 0.15) is 11.6 Å². The Morgan fingerprint density at radius 3 is 1.85 bits per heavy atom. The average Bonchev–Trinajstić information content (AvgIpc) is 2.49. The van der Waals surface area contributed by atoms with Crippen molar-refractivity contribution in [3.8, 4) is 0 Å². The predicted octanol–water partition coefficient (Wildman–Crippen LogP) is 2.04. The maximum Gasteiger partial charge on any atom is 0.128 e. The van der Waals surface area contributed by atoms with Crippen molar-refractivity contribution >= 4 is 28.9 Å². The summed E-state index contributed by atoms with van der Waals surface area (Å²) in [6, 6.07) is 7.68. The molecule has 1 aliphatic rings. The molecule has 0 aliphatic carbocycles. The molecule has 0 bridgehead atoms. The molecule has 3 rings (SSSR count). The van der Waals surface area contributed by atoms with E-state index in [0.717, 1.165) is 37.8 Å². The lowest BCUT2D eigenvalue weighted by Crippen LogP contribution is -2.47. The highest BCUT2D eigenvalue weighted by Crippen LogP contribution is 2.19. The third-order valence-corrected chi connectivity index (χ3v) is 3.63. The Hall–Kier alpha value is -2.01. The molecule has 2 aromatic heterocycles. The number of hydrogen-bond acceptors (Lipinski definition) is 5. The van der Waals surface area contributed by atoms with Gasteiger partial charge in [0.05, 0.1) is 16.9 Å². The van der Waals surface area contributed by atoms with Gasteiger partial charge in [0.25, 0.3) is 0 Å². The van der Waals surface area contributed by atoms with Gasteiger partial charge in [-0.1, -0.05) is 11.6 Å². The van der Waals surface area contributed by atoms with Gasteiger partial charge in [-0.25, -0.2) is 9.97 Å². The van der Waals surface area contributed by atoms with Crippen LogP contribution in [-0.4, -0.2) is 36.1 Å². The highest BCUT2D eigenvalue weighted by molar-refractivity contribution is 6.30. The Bertz CT molecular complexity index is 508. The second-order valence-corrected chi connectivity index (χ2v) is 5.19. The van der Waals surface area contributed by atoms with Crippen LogP contribution in [0.15, 0.2) is 36.7 Å². The molecule has 1 aliphatic heterocycles. The number of nitrogen functional groups attached to an aromatic ring is 1. The Kier molecular flexibility index (Phi) is 3.60. The molecule has 0 spiro atoms. The molecular formula is C14H16ClN5. The van der Waals surface area contributed by atoms with Crippen molar-refractivity contribution in [1.82, 2.24) is 9.97 Å². The Balaban J connectivity index is 1.64. The fourth-order valence-electron chi connectivity index (χ4n) is 2.30. The summed E-state index contributed by atoms with van der Waals surface area (Å²) < 4.78 is 0. The number of aromatic nitrogens is 2. The summed E-state index contributed by atoms with van der Waals surface area (Å²) in [7, 11) is 0. The highest BCUT2D eigenvalue weighted by Gasteiger charge is 2.18. The van der Waals surface area contributed by atoms with E-state index in [-0.39, 0.29) is 0 Å². The molecule has 1 fully saturated rings. The van der Waals surface area contributed by atoms with Crippen LogP contribution in [0.1, 0.15) is 0 Å². The van der Waals surface area contributed by atoms with Crippen LogP contribution in [0.4, 0.5) is 17.3 Å². The van der Waals surface area contributed by atoms with E-state index in [9.17, 15) is 0 Å². The third kappa shape index (κ3) is 2.77. The molecule has 0 amide bonds. The number of pyridine rings is 2. The number of anilines is 3. The van der Waals surface area contributed by atoms with E-state index >= 15 is 0 Å². The zero-order valence-electron chi connectivity index (χ0n) is 11.0. The van der Waals surface area contributed by atoms with Crippen LogP contribution in [0.25, 0.3) is 0 Å². The van der Waals surface area contributed by atoms with Gasteiger partial charge in [-0.15, -0.1) is 0 Å². The zero-order chi connectivity index (χ0) is 13.9. The standard InChI is InChI=1S/C14H16ClN5/c15-11-1-3-13(17-9-11)19-5-7-20(8-6-19)14-4-2-12(16)10-18-14/h1-4,9-10H,5-8,16H2. The van der Waals surface area contributed by atoms with Crippen LogP contribution in [-0.2, 0) is 0 Å². The number of hydrogen-bond donors (Lipinski definition) is 1. The summed E-state index contributed by atoms with van der Waals surface area (Å²) in [6.07, 6.45) is 3.38. The van der Waals surface area contributed by atoms with E-state index in [2.05, 4.69) is 19.8 Å². The lowest BCUT2D eigenvalue weighted by atomic mass is 10.3. The minimum atomic E-state index is 0.665. The smallest absolute Gasteiger partial charge is 0.128 e. The monoisotopic (exact) mass is 289 g/mol. The van der Waals surface area contributed by atoms with Crippen LogP contribution in [0, 0.1) is 0 Å². The van der Waals surface area contributed by atoms with E-state index in [1.165, 1.54) is 0 Å². The molecule has 1 saturated heterocycles. The van der Waals surface area contributed by atoms with Crippen molar-refractivity contribution < 1.29 is 0 Å². The number of rotatable bonds is 2. The van der Waals surface area contributed by atoms with Gasteiger partial charge < -0.3 is 15.5 Å². The first kappa shape index (κ1) is 13.0. The van der Waals surface area contributed by atoms with Gasteiger partial charge in [-0.3, -0.25) is 0 Å². The van der Waals surface area contributed by atoms with Gasteiger partial charge in [0.15, 0.2) is 0 Å². The molecule has 0 unspecified atom stereocenters. The van der Waals surface area contributed by atoms with E-state index in [0.29, 0.717) is 10.7 Å². The van der Waals surface area contributed by atoms with Crippen LogP contribution in [0.3, 0.4) is 0 Å². The molecule has 0 radical (unpaired) electrons. The third-order valence-electron chi connectivity index (χ3n) is 3.41. The lowest BCUT2D eigenvalue weighted by molar-refractivity contribution is 0.642. The summed E-state index contributed by atoms with van der Waals surface area (Å²) in [5, 5.41) is 0.665. The molecule has 0 aromatic carbocycles. The SMILES string of the molecule is Nc1ccc(N2CCN(c3ccc(Cl)cn3)CC2)nc1. The molecule has 0 atom stereocenters. The first-order valence-corrected chi connectivity index (χ1v) is 6.93. The summed E-state index contributed by atoms with van der Waals surface area (Å²) in [5.74, 6) is 1.95. The fourth-order valence-corrected chi connectivity index (χ4v) is 2.42. The largest absolute Gasteiger partial charge is 0.397 e. The van der Waals surface area contributed by atoms with E-state index in [4.69, 9.17) is 17.3 Å². The number of nitrogens with two attached hydrogens (primary N) is 1. The maximum atomic E-state index is 5.86. The summed E-state index contributed by atoms with van der Waals surface area (Å²) in [5.41, 5.74) is 6.35. The Labute approximate surface area is 123 Å². The predicted molar refractivity (Wildman–Crippen MR) is 82.3 cm³/mol. The van der Waals surface area contributed by atoms with E-state index < -0.39 is 0 Å². The first-order valence-electron chi connectivity index (χ1n) is 6.55. The molecule has 20 heavy (non-hydrogen) atoms. The number of piperazine rings is 1. The highest BCUT2D eigenvalue weighted by atomic mass is 35.5. The van der Waals surface area contributed by atoms with Crippen molar-refractivity contribution in [1.29, 1.82) is 0 Å². The molecule has 6 heteroatoms.